The summed E-state index contributed by atoms with van der Waals surface area (Å²) in [6.07, 6.45) is 0.761. The summed E-state index contributed by atoms with van der Waals surface area (Å²) in [7, 11) is 0. The molecule has 0 saturated carbocycles. The zero-order valence-corrected chi connectivity index (χ0v) is 9.71. The van der Waals surface area contributed by atoms with Crippen molar-refractivity contribution in [3.8, 4) is 5.75 Å². The van der Waals surface area contributed by atoms with Crippen LogP contribution in [-0.4, -0.2) is 5.11 Å². The minimum Gasteiger partial charge on any atom is -0.507 e. The average molecular weight is 256 g/mol. The van der Waals surface area contributed by atoms with E-state index in [-0.39, 0.29) is 11.8 Å². The Bertz CT molecular complexity index is 349. The zero-order chi connectivity index (χ0) is 10.7. The highest BCUT2D eigenvalue weighted by Gasteiger charge is 2.07. The maximum absolute atomic E-state index is 9.30. The molecule has 0 aromatic heterocycles. The SMILES string of the molecule is C=C(C)C[C@@H](N)c1ccc(O)c(Br)c1. The van der Waals surface area contributed by atoms with Gasteiger partial charge in [-0.05, 0) is 47.0 Å². The van der Waals surface area contributed by atoms with Gasteiger partial charge in [-0.25, -0.2) is 0 Å². The van der Waals surface area contributed by atoms with Gasteiger partial charge in [-0.2, -0.15) is 0 Å². The van der Waals surface area contributed by atoms with E-state index in [4.69, 9.17) is 5.73 Å². The molecule has 0 heterocycles. The Morgan fingerprint density at radius 3 is 2.79 bits per heavy atom. The molecule has 0 amide bonds. The number of benzene rings is 1. The molecule has 3 N–H and O–H groups in total. The van der Waals surface area contributed by atoms with Crippen LogP contribution < -0.4 is 5.73 Å². The number of hydrogen-bond acceptors (Lipinski definition) is 2. The van der Waals surface area contributed by atoms with Gasteiger partial charge in [-0.15, -0.1) is 6.58 Å². The lowest BCUT2D eigenvalue weighted by Crippen LogP contribution is -2.10. The fourth-order valence-electron chi connectivity index (χ4n) is 1.25. The maximum atomic E-state index is 9.30. The molecule has 2 nitrogen and oxygen atoms in total. The smallest absolute Gasteiger partial charge is 0.129 e. The number of phenolic OH excluding ortho intramolecular Hbond substituents is 1. The zero-order valence-electron chi connectivity index (χ0n) is 8.13. The molecule has 0 aliphatic rings. The summed E-state index contributed by atoms with van der Waals surface area (Å²) < 4.78 is 0.673. The van der Waals surface area contributed by atoms with Crippen molar-refractivity contribution in [1.82, 2.24) is 0 Å². The van der Waals surface area contributed by atoms with Crippen LogP contribution in [0.25, 0.3) is 0 Å². The van der Waals surface area contributed by atoms with Crippen LogP contribution in [-0.2, 0) is 0 Å². The Morgan fingerprint density at radius 1 is 1.64 bits per heavy atom. The van der Waals surface area contributed by atoms with Crippen molar-refractivity contribution in [2.24, 2.45) is 5.73 Å². The predicted octanol–water partition coefficient (Wildman–Crippen LogP) is 3.12. The fourth-order valence-corrected chi connectivity index (χ4v) is 1.64. The van der Waals surface area contributed by atoms with Gasteiger partial charge in [0.2, 0.25) is 0 Å². The molecule has 14 heavy (non-hydrogen) atoms. The summed E-state index contributed by atoms with van der Waals surface area (Å²) in [5.41, 5.74) is 8.01. The van der Waals surface area contributed by atoms with Crippen molar-refractivity contribution in [3.05, 3.63) is 40.4 Å². The van der Waals surface area contributed by atoms with E-state index in [1.54, 1.807) is 6.07 Å². The van der Waals surface area contributed by atoms with Crippen LogP contribution in [0.5, 0.6) is 5.75 Å². The third-order valence-corrected chi connectivity index (χ3v) is 2.60. The van der Waals surface area contributed by atoms with E-state index in [1.807, 2.05) is 19.1 Å². The first-order chi connectivity index (χ1) is 6.50. The summed E-state index contributed by atoms with van der Waals surface area (Å²) in [5, 5.41) is 9.30. The molecule has 0 aliphatic heterocycles. The molecule has 0 bridgehead atoms. The summed E-state index contributed by atoms with van der Waals surface area (Å²) in [6.45, 7) is 5.77. The van der Waals surface area contributed by atoms with Crippen molar-refractivity contribution in [2.45, 2.75) is 19.4 Å². The molecule has 3 heteroatoms. The molecule has 0 fully saturated rings. The Kier molecular flexibility index (Phi) is 3.72. The number of hydrogen-bond donors (Lipinski definition) is 2. The van der Waals surface area contributed by atoms with Gasteiger partial charge in [-0.1, -0.05) is 11.6 Å². The van der Waals surface area contributed by atoms with Crippen LogP contribution >= 0.6 is 15.9 Å². The number of phenols is 1. The Morgan fingerprint density at radius 2 is 2.29 bits per heavy atom. The van der Waals surface area contributed by atoms with Crippen LogP contribution in [0.3, 0.4) is 0 Å². The lowest BCUT2D eigenvalue weighted by molar-refractivity contribution is 0.471. The van der Waals surface area contributed by atoms with Gasteiger partial charge >= 0.3 is 0 Å². The first kappa shape index (κ1) is 11.3. The molecule has 1 rings (SSSR count). The molecule has 76 valence electrons. The van der Waals surface area contributed by atoms with Gasteiger partial charge in [0.1, 0.15) is 5.75 Å². The Balaban J connectivity index is 2.85. The number of aromatic hydroxyl groups is 1. The second-order valence-corrected chi connectivity index (χ2v) is 4.33. The quantitative estimate of drug-likeness (QED) is 0.816. The minimum atomic E-state index is -0.0515. The molecular formula is C11H14BrNO. The number of nitrogens with two attached hydrogens (primary N) is 1. The van der Waals surface area contributed by atoms with Crippen molar-refractivity contribution in [2.75, 3.05) is 0 Å². The number of rotatable bonds is 3. The van der Waals surface area contributed by atoms with Gasteiger partial charge in [-0.3, -0.25) is 0 Å². The third kappa shape index (κ3) is 2.86. The van der Waals surface area contributed by atoms with Crippen LogP contribution in [0.1, 0.15) is 24.9 Å². The van der Waals surface area contributed by atoms with Crippen LogP contribution in [0.15, 0.2) is 34.8 Å². The van der Waals surface area contributed by atoms with E-state index in [0.29, 0.717) is 4.47 Å². The highest BCUT2D eigenvalue weighted by molar-refractivity contribution is 9.10. The number of halogens is 1. The highest BCUT2D eigenvalue weighted by Crippen LogP contribution is 2.28. The van der Waals surface area contributed by atoms with Gasteiger partial charge < -0.3 is 10.8 Å². The van der Waals surface area contributed by atoms with Gasteiger partial charge in [0, 0.05) is 6.04 Å². The van der Waals surface area contributed by atoms with E-state index >= 15 is 0 Å². The van der Waals surface area contributed by atoms with Gasteiger partial charge in [0.05, 0.1) is 4.47 Å². The second-order valence-electron chi connectivity index (χ2n) is 3.48. The predicted molar refractivity (Wildman–Crippen MR) is 62.2 cm³/mol. The lowest BCUT2D eigenvalue weighted by Gasteiger charge is -2.12. The summed E-state index contributed by atoms with van der Waals surface area (Å²) in [4.78, 5) is 0. The van der Waals surface area contributed by atoms with E-state index in [1.165, 1.54) is 0 Å². The van der Waals surface area contributed by atoms with Crippen LogP contribution in [0.4, 0.5) is 0 Å². The molecule has 0 radical (unpaired) electrons. The molecule has 0 aliphatic carbocycles. The highest BCUT2D eigenvalue weighted by atomic mass is 79.9. The molecule has 0 unspecified atom stereocenters. The normalized spacial score (nSPS) is 12.5. The van der Waals surface area contributed by atoms with Crippen molar-refractivity contribution >= 4 is 15.9 Å². The van der Waals surface area contributed by atoms with E-state index in [2.05, 4.69) is 22.5 Å². The van der Waals surface area contributed by atoms with Crippen molar-refractivity contribution in [3.63, 3.8) is 0 Å². The molecule has 0 saturated heterocycles. The Hall–Kier alpha value is -0.800. The molecule has 1 aromatic carbocycles. The fraction of sp³-hybridized carbons (Fsp3) is 0.273. The first-order valence-corrected chi connectivity index (χ1v) is 5.18. The largest absolute Gasteiger partial charge is 0.507 e. The lowest BCUT2D eigenvalue weighted by atomic mass is 10.0. The van der Waals surface area contributed by atoms with Gasteiger partial charge in [0.25, 0.3) is 0 Å². The Labute approximate surface area is 92.6 Å². The van der Waals surface area contributed by atoms with Crippen LogP contribution in [0, 0.1) is 0 Å². The molecule has 1 atom stereocenters. The minimum absolute atomic E-state index is 0.0515. The summed E-state index contributed by atoms with van der Waals surface area (Å²) >= 11 is 3.25. The van der Waals surface area contributed by atoms with E-state index in [0.717, 1.165) is 17.6 Å². The third-order valence-electron chi connectivity index (χ3n) is 1.97. The molecule has 1 aromatic rings. The first-order valence-electron chi connectivity index (χ1n) is 4.39. The van der Waals surface area contributed by atoms with E-state index < -0.39 is 0 Å². The van der Waals surface area contributed by atoms with Crippen LogP contribution in [0.2, 0.25) is 0 Å². The molecule has 0 spiro atoms. The average Bonchev–Trinajstić information content (AvgIpc) is 2.08. The van der Waals surface area contributed by atoms with Gasteiger partial charge in [0.15, 0.2) is 0 Å². The maximum Gasteiger partial charge on any atom is 0.129 e. The van der Waals surface area contributed by atoms with E-state index in [9.17, 15) is 5.11 Å². The summed E-state index contributed by atoms with van der Waals surface area (Å²) in [5.74, 6) is 0.233. The van der Waals surface area contributed by atoms with Crippen molar-refractivity contribution in [1.29, 1.82) is 0 Å². The molecular weight excluding hydrogens is 242 g/mol. The standard InChI is InChI=1S/C11H14BrNO/c1-7(2)5-10(13)8-3-4-11(14)9(12)6-8/h3-4,6,10,14H,1,5,13H2,2H3/t10-/m1/s1. The monoisotopic (exact) mass is 255 g/mol. The summed E-state index contributed by atoms with van der Waals surface area (Å²) in [6, 6.07) is 5.25. The topological polar surface area (TPSA) is 46.2 Å². The van der Waals surface area contributed by atoms with Crippen molar-refractivity contribution < 1.29 is 5.11 Å². The second kappa shape index (κ2) is 4.62.